The lowest BCUT2D eigenvalue weighted by Gasteiger charge is -2.20. The second kappa shape index (κ2) is 6.46. The van der Waals surface area contributed by atoms with Crippen molar-refractivity contribution in [2.45, 2.75) is 25.8 Å². The number of benzene rings is 1. The molecular formula is C16H19FN4O3. The number of anilines is 2. The zero-order chi connectivity index (χ0) is 17.3. The molecule has 1 saturated heterocycles. The summed E-state index contributed by atoms with van der Waals surface area (Å²) in [6.45, 7) is 2.39. The first kappa shape index (κ1) is 16.2. The lowest BCUT2D eigenvalue weighted by atomic mass is 10.2. The normalized spacial score (nSPS) is 18.1. The summed E-state index contributed by atoms with van der Waals surface area (Å²) in [7, 11) is 0. The van der Waals surface area contributed by atoms with Crippen LogP contribution in [0, 0.1) is 11.7 Å². The molecule has 3 rings (SSSR count). The van der Waals surface area contributed by atoms with Gasteiger partial charge >= 0.3 is 6.03 Å². The van der Waals surface area contributed by atoms with Crippen LogP contribution in [0.15, 0.2) is 18.2 Å². The third-order valence-electron chi connectivity index (χ3n) is 4.05. The Bertz CT molecular complexity index is 690. The minimum Gasteiger partial charge on any atom is -0.374 e. The van der Waals surface area contributed by atoms with E-state index < -0.39 is 17.9 Å². The van der Waals surface area contributed by atoms with Gasteiger partial charge in [0, 0.05) is 24.7 Å². The molecule has 1 heterocycles. The molecule has 1 aliphatic heterocycles. The molecule has 4 amide bonds. The molecule has 8 heteroatoms. The van der Waals surface area contributed by atoms with E-state index in [-0.39, 0.29) is 23.4 Å². The van der Waals surface area contributed by atoms with Crippen molar-refractivity contribution in [3.05, 3.63) is 24.0 Å². The van der Waals surface area contributed by atoms with Gasteiger partial charge in [0.05, 0.1) is 5.69 Å². The third kappa shape index (κ3) is 3.47. The Morgan fingerprint density at radius 1 is 1.38 bits per heavy atom. The molecule has 1 saturated carbocycles. The highest BCUT2D eigenvalue weighted by Crippen LogP contribution is 2.31. The van der Waals surface area contributed by atoms with Crippen LogP contribution in [0.25, 0.3) is 0 Å². The number of carbonyl (C=O) groups excluding carboxylic acids is 3. The summed E-state index contributed by atoms with van der Waals surface area (Å²) in [5.41, 5.74) is 0.568. The number of amides is 4. The highest BCUT2D eigenvalue weighted by atomic mass is 19.1. The van der Waals surface area contributed by atoms with Gasteiger partial charge in [-0.1, -0.05) is 0 Å². The molecule has 0 aromatic heterocycles. The van der Waals surface area contributed by atoms with E-state index in [9.17, 15) is 18.8 Å². The molecule has 1 aromatic carbocycles. The molecule has 1 aromatic rings. The highest BCUT2D eigenvalue weighted by molar-refractivity contribution is 5.99. The van der Waals surface area contributed by atoms with Gasteiger partial charge in [-0.2, -0.15) is 0 Å². The summed E-state index contributed by atoms with van der Waals surface area (Å²) in [5, 5.41) is 8.06. The van der Waals surface area contributed by atoms with E-state index in [1.54, 1.807) is 6.92 Å². The molecular weight excluding hydrogens is 315 g/mol. The fourth-order valence-corrected chi connectivity index (χ4v) is 2.52. The average Bonchev–Trinajstić information content (AvgIpc) is 3.32. The molecule has 128 valence electrons. The number of nitrogens with one attached hydrogen (secondary N) is 3. The maximum Gasteiger partial charge on any atom is 0.324 e. The largest absolute Gasteiger partial charge is 0.374 e. The minimum atomic E-state index is -0.661. The molecule has 3 N–H and O–H groups in total. The Morgan fingerprint density at radius 3 is 2.75 bits per heavy atom. The summed E-state index contributed by atoms with van der Waals surface area (Å²) >= 11 is 0. The molecule has 2 fully saturated rings. The second-order valence-electron chi connectivity index (χ2n) is 6.05. The summed E-state index contributed by atoms with van der Waals surface area (Å²) in [6.07, 6.45) is 1.66. The number of halogens is 1. The van der Waals surface area contributed by atoms with Gasteiger partial charge in [0.2, 0.25) is 5.91 Å². The van der Waals surface area contributed by atoms with Crippen molar-refractivity contribution in [2.75, 3.05) is 23.7 Å². The van der Waals surface area contributed by atoms with E-state index in [1.807, 2.05) is 0 Å². The summed E-state index contributed by atoms with van der Waals surface area (Å²) < 4.78 is 13.8. The summed E-state index contributed by atoms with van der Waals surface area (Å²) in [6, 6.07) is 3.08. The van der Waals surface area contributed by atoms with Gasteiger partial charge in [0.1, 0.15) is 11.9 Å². The Morgan fingerprint density at radius 2 is 2.12 bits per heavy atom. The molecule has 0 bridgehead atoms. The van der Waals surface area contributed by atoms with Crippen molar-refractivity contribution in [3.63, 3.8) is 0 Å². The molecule has 1 aliphatic carbocycles. The van der Waals surface area contributed by atoms with Gasteiger partial charge in [-0.15, -0.1) is 0 Å². The van der Waals surface area contributed by atoms with Crippen molar-refractivity contribution in [1.82, 2.24) is 10.2 Å². The molecule has 0 unspecified atom stereocenters. The summed E-state index contributed by atoms with van der Waals surface area (Å²) in [5.74, 6) is -1.12. The number of imide groups is 1. The molecule has 0 radical (unpaired) electrons. The van der Waals surface area contributed by atoms with Crippen molar-refractivity contribution in [1.29, 1.82) is 0 Å². The van der Waals surface area contributed by atoms with E-state index >= 15 is 0 Å². The Kier molecular flexibility index (Phi) is 4.37. The van der Waals surface area contributed by atoms with Crippen LogP contribution in [0.2, 0.25) is 0 Å². The van der Waals surface area contributed by atoms with Crippen molar-refractivity contribution in [3.8, 4) is 0 Å². The standard InChI is InChI=1S/C16H19FN4O3/c1-9(15(23)21-7-6-18-16(21)24)19-11-4-5-12(17)13(8-11)20-14(22)10-2-3-10/h4-5,8-10,19H,2-3,6-7H2,1H3,(H,18,24)(H,20,22)/t9-/m0/s1. The zero-order valence-corrected chi connectivity index (χ0v) is 13.3. The molecule has 1 atom stereocenters. The van der Waals surface area contributed by atoms with Crippen LogP contribution in [-0.2, 0) is 9.59 Å². The predicted octanol–water partition coefficient (Wildman–Crippen LogP) is 1.53. The maximum absolute atomic E-state index is 13.8. The fourth-order valence-electron chi connectivity index (χ4n) is 2.52. The summed E-state index contributed by atoms with van der Waals surface area (Å²) in [4.78, 5) is 36.7. The monoisotopic (exact) mass is 334 g/mol. The van der Waals surface area contributed by atoms with E-state index in [4.69, 9.17) is 0 Å². The van der Waals surface area contributed by atoms with Crippen LogP contribution < -0.4 is 16.0 Å². The number of rotatable bonds is 5. The van der Waals surface area contributed by atoms with Gasteiger partial charge in [-0.25, -0.2) is 9.18 Å². The second-order valence-corrected chi connectivity index (χ2v) is 6.05. The average molecular weight is 334 g/mol. The molecule has 0 spiro atoms. The van der Waals surface area contributed by atoms with E-state index in [0.717, 1.165) is 17.7 Å². The molecule has 2 aliphatic rings. The van der Waals surface area contributed by atoms with Crippen LogP contribution in [0.1, 0.15) is 19.8 Å². The van der Waals surface area contributed by atoms with Gasteiger partial charge in [-0.05, 0) is 38.0 Å². The van der Waals surface area contributed by atoms with Crippen LogP contribution in [0.5, 0.6) is 0 Å². The van der Waals surface area contributed by atoms with E-state index in [0.29, 0.717) is 18.8 Å². The Balaban J connectivity index is 1.66. The minimum absolute atomic E-state index is 0.0322. The molecule has 24 heavy (non-hydrogen) atoms. The van der Waals surface area contributed by atoms with Crippen molar-refractivity contribution < 1.29 is 18.8 Å². The number of nitrogens with zero attached hydrogens (tertiary/aromatic N) is 1. The highest BCUT2D eigenvalue weighted by Gasteiger charge is 2.31. The quantitative estimate of drug-likeness (QED) is 0.762. The lowest BCUT2D eigenvalue weighted by molar-refractivity contribution is -0.128. The van der Waals surface area contributed by atoms with E-state index in [2.05, 4.69) is 16.0 Å². The molecule has 7 nitrogen and oxygen atoms in total. The Hall–Kier alpha value is -2.64. The third-order valence-corrected chi connectivity index (χ3v) is 4.05. The van der Waals surface area contributed by atoms with E-state index in [1.165, 1.54) is 18.2 Å². The van der Waals surface area contributed by atoms with Crippen LogP contribution in [0.4, 0.5) is 20.6 Å². The van der Waals surface area contributed by atoms with Crippen molar-refractivity contribution >= 4 is 29.2 Å². The van der Waals surface area contributed by atoms with Crippen molar-refractivity contribution in [2.24, 2.45) is 5.92 Å². The van der Waals surface area contributed by atoms with Gasteiger partial charge < -0.3 is 16.0 Å². The predicted molar refractivity (Wildman–Crippen MR) is 86.0 cm³/mol. The fraction of sp³-hybridized carbons (Fsp3) is 0.438. The maximum atomic E-state index is 13.8. The van der Waals surface area contributed by atoms with Gasteiger partial charge in [0.25, 0.3) is 5.91 Å². The number of carbonyl (C=O) groups is 3. The number of hydrogen-bond acceptors (Lipinski definition) is 4. The Labute approximate surface area is 138 Å². The topological polar surface area (TPSA) is 90.5 Å². The van der Waals surface area contributed by atoms with Gasteiger partial charge in [-0.3, -0.25) is 14.5 Å². The number of hydrogen-bond donors (Lipinski definition) is 3. The van der Waals surface area contributed by atoms with Gasteiger partial charge in [0.15, 0.2) is 0 Å². The first-order valence-electron chi connectivity index (χ1n) is 7.92. The zero-order valence-electron chi connectivity index (χ0n) is 13.3. The smallest absolute Gasteiger partial charge is 0.324 e. The first-order valence-corrected chi connectivity index (χ1v) is 7.92. The lowest BCUT2D eigenvalue weighted by Crippen LogP contribution is -2.43. The number of urea groups is 1. The van der Waals surface area contributed by atoms with Crippen LogP contribution in [-0.4, -0.2) is 41.9 Å². The SMILES string of the molecule is C[C@H](Nc1ccc(F)c(NC(=O)C2CC2)c1)C(=O)N1CCNC1=O. The first-order chi connectivity index (χ1) is 11.5. The van der Waals surface area contributed by atoms with Crippen LogP contribution >= 0.6 is 0 Å². The van der Waals surface area contributed by atoms with Crippen LogP contribution in [0.3, 0.4) is 0 Å².